The van der Waals surface area contributed by atoms with Crippen LogP contribution >= 0.6 is 0 Å². The fraction of sp³-hybridized carbons (Fsp3) is 0.500. The van der Waals surface area contributed by atoms with Crippen LogP contribution in [0.15, 0.2) is 36.5 Å². The van der Waals surface area contributed by atoms with E-state index in [1.54, 1.807) is 4.90 Å². The van der Waals surface area contributed by atoms with Crippen molar-refractivity contribution in [2.45, 2.75) is 31.9 Å². The standard InChI is InChI=1S/C20H26N4O3/c1-2-23(13-16-14-26-18-7-3-4-8-19(18)27-16)20(25)17-9-11-24(22-17)15-6-5-10-21-12-15/h3-4,7-9,11,15-16,21H,2,5-6,10,12-14H2,1H3. The molecule has 2 atom stereocenters. The summed E-state index contributed by atoms with van der Waals surface area (Å²) < 4.78 is 13.7. The number of amides is 1. The lowest BCUT2D eigenvalue weighted by atomic mass is 10.1. The minimum absolute atomic E-state index is 0.0672. The van der Waals surface area contributed by atoms with E-state index in [1.807, 2.05) is 48.1 Å². The number of benzene rings is 1. The van der Waals surface area contributed by atoms with Gasteiger partial charge in [0.15, 0.2) is 17.6 Å². The summed E-state index contributed by atoms with van der Waals surface area (Å²) in [6.45, 7) is 5.43. The molecule has 1 fully saturated rings. The number of carbonyl (C=O) groups excluding carboxylic acids is 1. The van der Waals surface area contributed by atoms with Gasteiger partial charge in [-0.05, 0) is 44.5 Å². The Morgan fingerprint density at radius 3 is 2.96 bits per heavy atom. The Morgan fingerprint density at radius 1 is 1.33 bits per heavy atom. The Morgan fingerprint density at radius 2 is 2.19 bits per heavy atom. The molecule has 1 amide bonds. The van der Waals surface area contributed by atoms with Crippen molar-refractivity contribution < 1.29 is 14.3 Å². The van der Waals surface area contributed by atoms with Crippen molar-refractivity contribution in [3.05, 3.63) is 42.2 Å². The van der Waals surface area contributed by atoms with Crippen molar-refractivity contribution in [2.24, 2.45) is 0 Å². The van der Waals surface area contributed by atoms with Crippen molar-refractivity contribution >= 4 is 5.91 Å². The average Bonchev–Trinajstić information content (AvgIpc) is 3.22. The number of ether oxygens (including phenoxy) is 2. The van der Waals surface area contributed by atoms with Crippen LogP contribution in [-0.2, 0) is 0 Å². The fourth-order valence-corrected chi connectivity index (χ4v) is 3.63. The highest BCUT2D eigenvalue weighted by molar-refractivity contribution is 5.92. The van der Waals surface area contributed by atoms with Crippen LogP contribution in [-0.4, -0.2) is 59.5 Å². The van der Waals surface area contributed by atoms with Crippen LogP contribution < -0.4 is 14.8 Å². The molecule has 2 aliphatic heterocycles. The Bertz CT molecular complexity index is 785. The molecule has 0 radical (unpaired) electrons. The van der Waals surface area contributed by atoms with Crippen LogP contribution in [0.5, 0.6) is 11.5 Å². The summed E-state index contributed by atoms with van der Waals surface area (Å²) in [6, 6.07) is 9.75. The smallest absolute Gasteiger partial charge is 0.274 e. The molecule has 3 heterocycles. The van der Waals surface area contributed by atoms with E-state index in [0.717, 1.165) is 37.4 Å². The third-order valence-electron chi connectivity index (χ3n) is 5.13. The van der Waals surface area contributed by atoms with Gasteiger partial charge in [0.2, 0.25) is 0 Å². The molecule has 0 bridgehead atoms. The number of rotatable bonds is 5. The predicted molar refractivity (Wildman–Crippen MR) is 101 cm³/mol. The predicted octanol–water partition coefficient (Wildman–Crippen LogP) is 2.11. The summed E-state index contributed by atoms with van der Waals surface area (Å²) in [6.07, 6.45) is 3.95. The van der Waals surface area contributed by atoms with Gasteiger partial charge in [-0.15, -0.1) is 0 Å². The van der Waals surface area contributed by atoms with Crippen LogP contribution in [0.1, 0.15) is 36.3 Å². The van der Waals surface area contributed by atoms with Crippen molar-refractivity contribution in [1.82, 2.24) is 20.0 Å². The zero-order valence-electron chi connectivity index (χ0n) is 15.6. The van der Waals surface area contributed by atoms with Crippen LogP contribution in [0.3, 0.4) is 0 Å². The molecule has 27 heavy (non-hydrogen) atoms. The van der Waals surface area contributed by atoms with Crippen molar-refractivity contribution in [1.29, 1.82) is 0 Å². The fourth-order valence-electron chi connectivity index (χ4n) is 3.63. The van der Waals surface area contributed by atoms with Crippen LogP contribution in [0.4, 0.5) is 0 Å². The molecule has 4 rings (SSSR count). The van der Waals surface area contributed by atoms with Gasteiger partial charge in [0.05, 0.1) is 12.6 Å². The van der Waals surface area contributed by atoms with Gasteiger partial charge >= 0.3 is 0 Å². The molecular weight excluding hydrogens is 344 g/mol. The van der Waals surface area contributed by atoms with E-state index in [9.17, 15) is 4.79 Å². The first kappa shape index (κ1) is 17.9. The second-order valence-electron chi connectivity index (χ2n) is 7.02. The Hall–Kier alpha value is -2.54. The van der Waals surface area contributed by atoms with Crippen molar-refractivity contribution in [3.8, 4) is 11.5 Å². The SMILES string of the molecule is CCN(CC1COc2ccccc2O1)C(=O)c1ccn(C2CCCNC2)n1. The maximum atomic E-state index is 12.9. The number of hydrogen-bond acceptors (Lipinski definition) is 5. The highest BCUT2D eigenvalue weighted by Gasteiger charge is 2.26. The highest BCUT2D eigenvalue weighted by atomic mass is 16.6. The molecule has 0 spiro atoms. The average molecular weight is 370 g/mol. The third-order valence-corrected chi connectivity index (χ3v) is 5.13. The number of nitrogens with zero attached hydrogens (tertiary/aromatic N) is 3. The lowest BCUT2D eigenvalue weighted by molar-refractivity contribution is 0.0470. The molecule has 7 heteroatoms. The monoisotopic (exact) mass is 370 g/mol. The van der Waals surface area contributed by atoms with Gasteiger partial charge in [-0.25, -0.2) is 0 Å². The molecular formula is C20H26N4O3. The molecule has 144 valence electrons. The molecule has 0 aliphatic carbocycles. The van der Waals surface area contributed by atoms with Gasteiger partial charge in [0.25, 0.3) is 5.91 Å². The van der Waals surface area contributed by atoms with Crippen LogP contribution in [0, 0.1) is 0 Å². The van der Waals surface area contributed by atoms with E-state index < -0.39 is 0 Å². The van der Waals surface area contributed by atoms with E-state index in [2.05, 4.69) is 10.4 Å². The number of para-hydroxylation sites is 2. The maximum absolute atomic E-state index is 12.9. The minimum atomic E-state index is -0.187. The quantitative estimate of drug-likeness (QED) is 0.873. The summed E-state index contributed by atoms with van der Waals surface area (Å²) in [5.41, 5.74) is 0.486. The van der Waals surface area contributed by atoms with Crippen molar-refractivity contribution in [3.63, 3.8) is 0 Å². The molecule has 1 saturated heterocycles. The summed E-state index contributed by atoms with van der Waals surface area (Å²) in [5, 5.41) is 7.93. The number of nitrogens with one attached hydrogen (secondary N) is 1. The minimum Gasteiger partial charge on any atom is -0.486 e. The molecule has 1 N–H and O–H groups in total. The number of carbonyl (C=O) groups is 1. The van der Waals surface area contributed by atoms with Crippen molar-refractivity contribution in [2.75, 3.05) is 32.8 Å². The second kappa shape index (κ2) is 8.00. The molecule has 7 nitrogen and oxygen atoms in total. The zero-order chi connectivity index (χ0) is 18.6. The number of hydrogen-bond donors (Lipinski definition) is 1. The number of piperidine rings is 1. The number of fused-ring (bicyclic) bond motifs is 1. The third kappa shape index (κ3) is 3.93. The maximum Gasteiger partial charge on any atom is 0.274 e. The number of likely N-dealkylation sites (N-methyl/N-ethyl adjacent to an activating group) is 1. The lowest BCUT2D eigenvalue weighted by Gasteiger charge is -2.30. The molecule has 1 aromatic heterocycles. The number of aromatic nitrogens is 2. The van der Waals surface area contributed by atoms with E-state index in [1.165, 1.54) is 0 Å². The van der Waals surface area contributed by atoms with E-state index in [-0.39, 0.29) is 12.0 Å². The summed E-state index contributed by atoms with van der Waals surface area (Å²) >= 11 is 0. The molecule has 2 aromatic rings. The van der Waals surface area contributed by atoms with E-state index in [0.29, 0.717) is 31.4 Å². The first-order chi connectivity index (χ1) is 13.2. The van der Waals surface area contributed by atoms with Gasteiger partial charge in [-0.3, -0.25) is 9.48 Å². The summed E-state index contributed by atoms with van der Waals surface area (Å²) in [7, 11) is 0. The normalized spacial score (nSPS) is 21.7. The Labute approximate surface area is 159 Å². The first-order valence-electron chi connectivity index (χ1n) is 9.68. The highest BCUT2D eigenvalue weighted by Crippen LogP contribution is 2.31. The second-order valence-corrected chi connectivity index (χ2v) is 7.02. The molecule has 0 saturated carbocycles. The first-order valence-corrected chi connectivity index (χ1v) is 9.68. The summed E-state index contributed by atoms with van der Waals surface area (Å²) in [4.78, 5) is 14.7. The Kier molecular flexibility index (Phi) is 5.29. The van der Waals surface area contributed by atoms with E-state index in [4.69, 9.17) is 9.47 Å². The molecule has 2 aliphatic rings. The topological polar surface area (TPSA) is 68.6 Å². The van der Waals surface area contributed by atoms with Crippen LogP contribution in [0.25, 0.3) is 0 Å². The largest absolute Gasteiger partial charge is 0.486 e. The lowest BCUT2D eigenvalue weighted by Crippen LogP contribution is -2.43. The summed E-state index contributed by atoms with van der Waals surface area (Å²) in [5.74, 6) is 1.41. The van der Waals surface area contributed by atoms with Gasteiger partial charge < -0.3 is 19.7 Å². The van der Waals surface area contributed by atoms with E-state index >= 15 is 0 Å². The Balaban J connectivity index is 1.40. The van der Waals surface area contributed by atoms with Gasteiger partial charge in [-0.2, -0.15) is 5.10 Å². The van der Waals surface area contributed by atoms with Crippen LogP contribution in [0.2, 0.25) is 0 Å². The molecule has 1 aromatic carbocycles. The molecule has 2 unspecified atom stereocenters. The van der Waals surface area contributed by atoms with Gasteiger partial charge in [0, 0.05) is 19.3 Å². The van der Waals surface area contributed by atoms with Gasteiger partial charge in [-0.1, -0.05) is 12.1 Å². The van der Waals surface area contributed by atoms with Gasteiger partial charge in [0.1, 0.15) is 12.3 Å². The zero-order valence-corrected chi connectivity index (χ0v) is 15.6.